The second kappa shape index (κ2) is 6.62. The van der Waals surface area contributed by atoms with E-state index in [4.69, 9.17) is 16.0 Å². The number of nitrogens with one attached hydrogen (secondary N) is 1. The predicted molar refractivity (Wildman–Crippen MR) is 85.9 cm³/mol. The SMILES string of the molecule is O=C(Cc1ccc(Cl)cc1)NCCc1ccc2ocnc2c1. The number of halogens is 1. The molecule has 0 radical (unpaired) electrons. The first kappa shape index (κ1) is 14.6. The summed E-state index contributed by atoms with van der Waals surface area (Å²) in [6.45, 7) is 0.593. The van der Waals surface area contributed by atoms with E-state index < -0.39 is 0 Å². The van der Waals surface area contributed by atoms with E-state index in [9.17, 15) is 4.79 Å². The van der Waals surface area contributed by atoms with Crippen LogP contribution in [0.3, 0.4) is 0 Å². The number of carbonyl (C=O) groups is 1. The third-order valence-electron chi connectivity index (χ3n) is 3.41. The zero-order valence-electron chi connectivity index (χ0n) is 11.9. The number of aromatic nitrogens is 1. The molecule has 4 nitrogen and oxygen atoms in total. The van der Waals surface area contributed by atoms with E-state index in [0.717, 1.165) is 28.6 Å². The van der Waals surface area contributed by atoms with Crippen LogP contribution in [0.2, 0.25) is 5.02 Å². The highest BCUT2D eigenvalue weighted by atomic mass is 35.5. The number of carbonyl (C=O) groups excluding carboxylic acids is 1. The highest BCUT2D eigenvalue weighted by Gasteiger charge is 2.04. The number of benzene rings is 2. The minimum absolute atomic E-state index is 0.00448. The third-order valence-corrected chi connectivity index (χ3v) is 3.66. The lowest BCUT2D eigenvalue weighted by molar-refractivity contribution is -0.120. The van der Waals surface area contributed by atoms with Gasteiger partial charge in [-0.1, -0.05) is 29.8 Å². The summed E-state index contributed by atoms with van der Waals surface area (Å²) in [5, 5.41) is 3.59. The average molecular weight is 315 g/mol. The van der Waals surface area contributed by atoms with E-state index in [2.05, 4.69) is 10.3 Å². The van der Waals surface area contributed by atoms with Crippen molar-refractivity contribution in [1.82, 2.24) is 10.3 Å². The summed E-state index contributed by atoms with van der Waals surface area (Å²) in [5.41, 5.74) is 3.68. The molecule has 1 aromatic heterocycles. The molecule has 3 aromatic rings. The predicted octanol–water partition coefficient (Wildman–Crippen LogP) is 3.38. The summed E-state index contributed by atoms with van der Waals surface area (Å²) >= 11 is 5.82. The highest BCUT2D eigenvalue weighted by molar-refractivity contribution is 6.30. The van der Waals surface area contributed by atoms with Crippen LogP contribution in [-0.2, 0) is 17.6 Å². The Kier molecular flexibility index (Phi) is 4.39. The molecule has 0 aliphatic carbocycles. The zero-order chi connectivity index (χ0) is 15.4. The maximum absolute atomic E-state index is 11.9. The molecule has 0 aliphatic heterocycles. The van der Waals surface area contributed by atoms with Gasteiger partial charge in [0.05, 0.1) is 6.42 Å². The zero-order valence-corrected chi connectivity index (χ0v) is 12.6. The van der Waals surface area contributed by atoms with Gasteiger partial charge < -0.3 is 9.73 Å². The highest BCUT2D eigenvalue weighted by Crippen LogP contribution is 2.14. The van der Waals surface area contributed by atoms with Crippen molar-refractivity contribution in [2.24, 2.45) is 0 Å². The van der Waals surface area contributed by atoms with Crippen LogP contribution in [0.4, 0.5) is 0 Å². The third kappa shape index (κ3) is 3.65. The van der Waals surface area contributed by atoms with Gasteiger partial charge >= 0.3 is 0 Å². The quantitative estimate of drug-likeness (QED) is 0.785. The molecule has 0 aliphatic rings. The molecule has 0 saturated heterocycles. The van der Waals surface area contributed by atoms with Gasteiger partial charge in [0.2, 0.25) is 5.91 Å². The molecule has 2 aromatic carbocycles. The number of hydrogen-bond donors (Lipinski definition) is 1. The van der Waals surface area contributed by atoms with Gasteiger partial charge in [-0.2, -0.15) is 0 Å². The van der Waals surface area contributed by atoms with Gasteiger partial charge in [0.25, 0.3) is 0 Å². The number of nitrogens with zero attached hydrogens (tertiary/aromatic N) is 1. The van der Waals surface area contributed by atoms with Crippen LogP contribution in [0.1, 0.15) is 11.1 Å². The van der Waals surface area contributed by atoms with Gasteiger partial charge in [-0.3, -0.25) is 4.79 Å². The molecular weight excluding hydrogens is 300 g/mol. The lowest BCUT2D eigenvalue weighted by atomic mass is 10.1. The minimum atomic E-state index is 0.00448. The van der Waals surface area contributed by atoms with Gasteiger partial charge in [-0.25, -0.2) is 4.98 Å². The average Bonchev–Trinajstić information content (AvgIpc) is 2.97. The molecule has 0 atom stereocenters. The normalized spacial score (nSPS) is 10.8. The largest absolute Gasteiger partial charge is 0.443 e. The first-order valence-corrected chi connectivity index (χ1v) is 7.42. The Morgan fingerprint density at radius 2 is 1.91 bits per heavy atom. The van der Waals surface area contributed by atoms with Crippen molar-refractivity contribution < 1.29 is 9.21 Å². The Labute approximate surface area is 133 Å². The Morgan fingerprint density at radius 1 is 1.14 bits per heavy atom. The molecule has 0 spiro atoms. The number of amides is 1. The number of rotatable bonds is 5. The maximum Gasteiger partial charge on any atom is 0.224 e. The second-order valence-electron chi connectivity index (χ2n) is 5.06. The molecule has 5 heteroatoms. The Bertz CT molecular complexity index is 781. The molecule has 1 heterocycles. The van der Waals surface area contributed by atoms with Crippen molar-refractivity contribution >= 4 is 28.6 Å². The van der Waals surface area contributed by atoms with Crippen LogP contribution in [-0.4, -0.2) is 17.4 Å². The van der Waals surface area contributed by atoms with Crippen molar-refractivity contribution in [3.63, 3.8) is 0 Å². The van der Waals surface area contributed by atoms with Crippen LogP contribution in [0, 0.1) is 0 Å². The number of fused-ring (bicyclic) bond motifs is 1. The van der Waals surface area contributed by atoms with Gasteiger partial charge in [0.1, 0.15) is 5.52 Å². The first-order chi connectivity index (χ1) is 10.7. The Morgan fingerprint density at radius 3 is 2.73 bits per heavy atom. The van der Waals surface area contributed by atoms with E-state index in [0.29, 0.717) is 18.0 Å². The standard InChI is InChI=1S/C17H15ClN2O2/c18-14-4-1-12(2-5-14)10-17(21)19-8-7-13-3-6-16-15(9-13)20-11-22-16/h1-6,9,11H,7-8,10H2,(H,19,21). The van der Waals surface area contributed by atoms with Crippen molar-refractivity contribution in [2.45, 2.75) is 12.8 Å². The van der Waals surface area contributed by atoms with E-state index in [1.54, 1.807) is 12.1 Å². The lowest BCUT2D eigenvalue weighted by Gasteiger charge is -2.06. The fourth-order valence-corrected chi connectivity index (χ4v) is 2.38. The molecule has 0 saturated carbocycles. The van der Waals surface area contributed by atoms with Crippen LogP contribution in [0.5, 0.6) is 0 Å². The van der Waals surface area contributed by atoms with Gasteiger partial charge in [-0.15, -0.1) is 0 Å². The smallest absolute Gasteiger partial charge is 0.224 e. The monoisotopic (exact) mass is 314 g/mol. The molecule has 0 fully saturated rings. The summed E-state index contributed by atoms with van der Waals surface area (Å²) in [4.78, 5) is 16.0. The van der Waals surface area contributed by atoms with Gasteiger partial charge in [0.15, 0.2) is 12.0 Å². The summed E-state index contributed by atoms with van der Waals surface area (Å²) < 4.78 is 5.20. The first-order valence-electron chi connectivity index (χ1n) is 7.04. The minimum Gasteiger partial charge on any atom is -0.443 e. The fraction of sp³-hybridized carbons (Fsp3) is 0.176. The van der Waals surface area contributed by atoms with Crippen LogP contribution in [0.15, 0.2) is 53.3 Å². The molecule has 22 heavy (non-hydrogen) atoms. The summed E-state index contributed by atoms with van der Waals surface area (Å²) in [7, 11) is 0. The fourth-order valence-electron chi connectivity index (χ4n) is 2.26. The molecule has 3 rings (SSSR count). The van der Waals surface area contributed by atoms with E-state index >= 15 is 0 Å². The van der Waals surface area contributed by atoms with Gasteiger partial charge in [-0.05, 0) is 41.8 Å². The van der Waals surface area contributed by atoms with Crippen molar-refractivity contribution in [3.05, 3.63) is 65.0 Å². The van der Waals surface area contributed by atoms with Crippen molar-refractivity contribution in [3.8, 4) is 0 Å². The second-order valence-corrected chi connectivity index (χ2v) is 5.49. The number of hydrogen-bond acceptors (Lipinski definition) is 3. The lowest BCUT2D eigenvalue weighted by Crippen LogP contribution is -2.27. The van der Waals surface area contributed by atoms with Crippen molar-refractivity contribution in [2.75, 3.05) is 6.54 Å². The summed E-state index contributed by atoms with van der Waals surface area (Å²) in [6, 6.07) is 13.2. The molecule has 0 unspecified atom stereocenters. The Balaban J connectivity index is 1.49. The van der Waals surface area contributed by atoms with E-state index in [1.165, 1.54) is 6.39 Å². The van der Waals surface area contributed by atoms with Crippen molar-refractivity contribution in [1.29, 1.82) is 0 Å². The summed E-state index contributed by atoms with van der Waals surface area (Å²) in [5.74, 6) is 0.00448. The molecule has 1 N–H and O–H groups in total. The molecule has 1 amide bonds. The maximum atomic E-state index is 11.9. The van der Waals surface area contributed by atoms with Crippen LogP contribution < -0.4 is 5.32 Å². The van der Waals surface area contributed by atoms with Gasteiger partial charge in [0, 0.05) is 11.6 Å². The van der Waals surface area contributed by atoms with Crippen LogP contribution in [0.25, 0.3) is 11.1 Å². The van der Waals surface area contributed by atoms with E-state index in [1.807, 2.05) is 30.3 Å². The van der Waals surface area contributed by atoms with E-state index in [-0.39, 0.29) is 5.91 Å². The molecule has 112 valence electrons. The number of oxazole rings is 1. The topological polar surface area (TPSA) is 55.1 Å². The van der Waals surface area contributed by atoms with Crippen LogP contribution >= 0.6 is 11.6 Å². The summed E-state index contributed by atoms with van der Waals surface area (Å²) in [6.07, 6.45) is 2.55. The molecule has 0 bridgehead atoms. The Hall–Kier alpha value is -2.33. The molecular formula is C17H15ClN2O2.